The number of benzene rings is 3. The molecule has 0 radical (unpaired) electrons. The van der Waals surface area contributed by atoms with Gasteiger partial charge in [0.15, 0.2) is 30.9 Å². The first-order chi connectivity index (χ1) is 34.4. The third-order valence-corrected chi connectivity index (χ3v) is 11.8. The van der Waals surface area contributed by atoms with Crippen LogP contribution < -0.4 is 0 Å². The van der Waals surface area contributed by atoms with E-state index in [1.54, 1.807) is 83.1 Å². The van der Waals surface area contributed by atoms with Gasteiger partial charge in [-0.2, -0.15) is 0 Å². The number of unbranched alkanes of at least 4 members (excludes halogenated alkanes) is 1. The van der Waals surface area contributed by atoms with E-state index in [0.29, 0.717) is 12.8 Å². The second-order valence-electron chi connectivity index (χ2n) is 22.7. The number of hydrogen-bond donors (Lipinski definition) is 0. The summed E-state index contributed by atoms with van der Waals surface area (Å²) >= 11 is 0. The molecule has 0 N–H and O–H groups in total. The van der Waals surface area contributed by atoms with Gasteiger partial charge in [-0.1, -0.05) is 97.1 Å². The fourth-order valence-corrected chi connectivity index (χ4v) is 7.46. The SMILES string of the molecule is C=CCCCO[C@H]1O[C@H](COCc2ccccc2)[C@@H](O[C@@H]2O[C@H](COC(=O)C(C)(C)C)[C@@H](OC(=O)C(C)(C)C)[C@H](OC(=O)C(C)(C)C)[C@H]2OC(=O)C(C)(C)C)[C@H](OCc2ccccc2)[C@H]1OCc1ccccc1. The zero-order valence-electron chi connectivity index (χ0n) is 45.0. The van der Waals surface area contributed by atoms with Crippen LogP contribution in [0.4, 0.5) is 0 Å². The van der Waals surface area contributed by atoms with E-state index >= 15 is 0 Å². The van der Waals surface area contributed by atoms with E-state index in [9.17, 15) is 19.2 Å². The smallest absolute Gasteiger partial charge is 0.311 e. The van der Waals surface area contributed by atoms with Crippen molar-refractivity contribution in [3.05, 3.63) is 120 Å². The Hall–Kier alpha value is -5.00. The minimum absolute atomic E-state index is 0.0667. The molecule has 2 saturated heterocycles. The molecule has 0 spiro atoms. The van der Waals surface area contributed by atoms with Crippen molar-refractivity contribution in [1.82, 2.24) is 0 Å². The van der Waals surface area contributed by atoms with Crippen LogP contribution in [0.1, 0.15) is 113 Å². The average molecular weight is 1020 g/mol. The summed E-state index contributed by atoms with van der Waals surface area (Å²) in [5, 5.41) is 0. The van der Waals surface area contributed by atoms with Gasteiger partial charge >= 0.3 is 23.9 Å². The van der Waals surface area contributed by atoms with Crippen molar-refractivity contribution in [2.24, 2.45) is 21.7 Å². The highest BCUT2D eigenvalue weighted by Crippen LogP contribution is 2.38. The minimum Gasteiger partial charge on any atom is -0.462 e. The van der Waals surface area contributed by atoms with E-state index in [4.69, 9.17) is 52.1 Å². The maximum absolute atomic E-state index is 14.3. The number of rotatable bonds is 22. The third-order valence-electron chi connectivity index (χ3n) is 11.8. The Bertz CT molecular complexity index is 2190. The second kappa shape index (κ2) is 26.5. The monoisotopic (exact) mass is 1020 g/mol. The summed E-state index contributed by atoms with van der Waals surface area (Å²) in [4.78, 5) is 55.9. The van der Waals surface area contributed by atoms with Gasteiger partial charge < -0.3 is 52.1 Å². The molecule has 15 heteroatoms. The highest BCUT2D eigenvalue weighted by atomic mass is 16.8. The number of ether oxygens (including phenoxy) is 11. The molecule has 3 aromatic carbocycles. The van der Waals surface area contributed by atoms with Crippen molar-refractivity contribution in [3.63, 3.8) is 0 Å². The van der Waals surface area contributed by atoms with Crippen LogP contribution >= 0.6 is 0 Å². The van der Waals surface area contributed by atoms with Crippen LogP contribution in [0.3, 0.4) is 0 Å². The van der Waals surface area contributed by atoms with Gasteiger partial charge in [0, 0.05) is 0 Å². The molecule has 402 valence electrons. The van der Waals surface area contributed by atoms with Crippen LogP contribution in [-0.2, 0) is 91.1 Å². The fraction of sp³-hybridized carbons (Fsp3) is 0.586. The van der Waals surface area contributed by atoms with Gasteiger partial charge in [0.1, 0.15) is 37.1 Å². The first-order valence-corrected chi connectivity index (χ1v) is 25.3. The van der Waals surface area contributed by atoms with E-state index in [-0.39, 0.29) is 33.0 Å². The molecule has 2 aliphatic heterocycles. The van der Waals surface area contributed by atoms with E-state index in [0.717, 1.165) is 16.7 Å². The molecule has 2 fully saturated rings. The van der Waals surface area contributed by atoms with E-state index in [1.165, 1.54) is 0 Å². The maximum atomic E-state index is 14.3. The first kappa shape index (κ1) is 58.9. The predicted octanol–water partition coefficient (Wildman–Crippen LogP) is 9.65. The third kappa shape index (κ3) is 17.8. The van der Waals surface area contributed by atoms with Crippen LogP contribution in [0.25, 0.3) is 0 Å². The Morgan fingerprint density at radius 2 is 0.904 bits per heavy atom. The van der Waals surface area contributed by atoms with Gasteiger partial charge in [-0.15, -0.1) is 6.58 Å². The van der Waals surface area contributed by atoms with Crippen molar-refractivity contribution in [2.45, 2.75) is 177 Å². The van der Waals surface area contributed by atoms with E-state index in [1.807, 2.05) is 97.1 Å². The normalized spacial score (nSPS) is 24.8. The topological polar surface area (TPSA) is 170 Å². The number of carbonyl (C=O) groups is 4. The molecule has 0 saturated carbocycles. The zero-order chi connectivity index (χ0) is 53.6. The van der Waals surface area contributed by atoms with Crippen molar-refractivity contribution >= 4 is 23.9 Å². The molecule has 0 unspecified atom stereocenters. The van der Waals surface area contributed by atoms with Crippen LogP contribution in [0, 0.1) is 21.7 Å². The number of hydrogen-bond acceptors (Lipinski definition) is 15. The molecule has 2 aliphatic rings. The lowest BCUT2D eigenvalue weighted by Gasteiger charge is -2.50. The molecular formula is C58H80O15. The highest BCUT2D eigenvalue weighted by Gasteiger charge is 2.58. The summed E-state index contributed by atoms with van der Waals surface area (Å²) < 4.78 is 72.6. The zero-order valence-corrected chi connectivity index (χ0v) is 45.0. The average Bonchev–Trinajstić information content (AvgIpc) is 3.33. The van der Waals surface area contributed by atoms with Gasteiger partial charge in [0.05, 0.1) is 54.7 Å². The lowest BCUT2D eigenvalue weighted by Crippen LogP contribution is -2.67. The largest absolute Gasteiger partial charge is 0.462 e. The lowest BCUT2D eigenvalue weighted by molar-refractivity contribution is -0.370. The second-order valence-corrected chi connectivity index (χ2v) is 22.7. The van der Waals surface area contributed by atoms with Gasteiger partial charge in [0.25, 0.3) is 0 Å². The van der Waals surface area contributed by atoms with Gasteiger partial charge in [-0.05, 0) is 113 Å². The predicted molar refractivity (Wildman–Crippen MR) is 272 cm³/mol. The molecule has 2 heterocycles. The number of esters is 4. The standard InChI is InChI=1S/C58H80O15/c1-14-15-25-32-64-49-47(66-35-40-30-23-18-24-31-40)45(65-34-39-28-21-17-22-29-39)43(41(68-49)36-63-33-38-26-19-16-20-27-38)70-50-48(73-54(62)58(11,12)13)46(72-53(61)57(8,9)10)44(71-52(60)56(5,6)7)42(69-50)37-67-51(59)55(2,3)4/h14,16-24,26-31,41-50H,1,15,25,32-37H2,2-13H3/t41-,42-,43-,44-,45+,46+,47-,48-,49+,50+/m1/s1. The quantitative estimate of drug-likeness (QED) is 0.0403. The van der Waals surface area contributed by atoms with Crippen LogP contribution in [0.5, 0.6) is 0 Å². The van der Waals surface area contributed by atoms with Crippen LogP contribution in [0.2, 0.25) is 0 Å². The Labute approximate surface area is 432 Å². The van der Waals surface area contributed by atoms with Gasteiger partial charge in [-0.25, -0.2) is 0 Å². The van der Waals surface area contributed by atoms with E-state index in [2.05, 4.69) is 6.58 Å². The van der Waals surface area contributed by atoms with Gasteiger partial charge in [0.2, 0.25) is 0 Å². The summed E-state index contributed by atoms with van der Waals surface area (Å²) in [6.07, 6.45) is -9.70. The molecule has 5 rings (SSSR count). The first-order valence-electron chi connectivity index (χ1n) is 25.3. The molecule has 0 bridgehead atoms. The molecular weight excluding hydrogens is 937 g/mol. The molecule has 0 aromatic heterocycles. The summed E-state index contributed by atoms with van der Waals surface area (Å²) in [5.41, 5.74) is -1.58. The van der Waals surface area contributed by atoms with Gasteiger partial charge in [-0.3, -0.25) is 19.2 Å². The molecule has 3 aromatic rings. The van der Waals surface area contributed by atoms with Crippen LogP contribution in [-0.4, -0.2) is 105 Å². The van der Waals surface area contributed by atoms with Crippen molar-refractivity contribution < 1.29 is 71.3 Å². The summed E-state index contributed by atoms with van der Waals surface area (Å²) in [6.45, 7) is 24.1. The Morgan fingerprint density at radius 1 is 0.479 bits per heavy atom. The van der Waals surface area contributed by atoms with Crippen molar-refractivity contribution in [1.29, 1.82) is 0 Å². The number of allylic oxidation sites excluding steroid dienone is 1. The van der Waals surface area contributed by atoms with E-state index < -0.39 is 114 Å². The fourth-order valence-electron chi connectivity index (χ4n) is 7.46. The Morgan fingerprint density at radius 3 is 1.38 bits per heavy atom. The molecule has 0 amide bonds. The molecule has 73 heavy (non-hydrogen) atoms. The molecule has 0 aliphatic carbocycles. The summed E-state index contributed by atoms with van der Waals surface area (Å²) in [5.74, 6) is -2.68. The van der Waals surface area contributed by atoms with Crippen molar-refractivity contribution in [3.8, 4) is 0 Å². The van der Waals surface area contributed by atoms with Crippen molar-refractivity contribution in [2.75, 3.05) is 19.8 Å². The summed E-state index contributed by atoms with van der Waals surface area (Å²) in [7, 11) is 0. The Kier molecular flexibility index (Phi) is 21.4. The van der Waals surface area contributed by atoms with Crippen LogP contribution in [0.15, 0.2) is 104 Å². The minimum atomic E-state index is -1.64. The molecule has 15 nitrogen and oxygen atoms in total. The Balaban J connectivity index is 1.71. The molecule has 10 atom stereocenters. The summed E-state index contributed by atoms with van der Waals surface area (Å²) in [6, 6.07) is 28.9. The number of carbonyl (C=O) groups excluding carboxylic acids is 4. The highest BCUT2D eigenvalue weighted by molar-refractivity contribution is 5.78. The maximum Gasteiger partial charge on any atom is 0.311 e. The lowest BCUT2D eigenvalue weighted by atomic mass is 9.92.